The molecule has 0 atom stereocenters. The lowest BCUT2D eigenvalue weighted by molar-refractivity contribution is 0.0989. The van der Waals surface area contributed by atoms with Gasteiger partial charge in [0.05, 0.1) is 29.0 Å². The smallest absolute Gasteiger partial charge is 0.174 e. The molecule has 112 valence electrons. The van der Waals surface area contributed by atoms with Crippen LogP contribution in [-0.2, 0) is 6.42 Å². The highest BCUT2D eigenvalue weighted by Gasteiger charge is 2.19. The lowest BCUT2D eigenvalue weighted by Crippen LogP contribution is -2.13. The fourth-order valence-electron chi connectivity index (χ4n) is 2.44. The fraction of sp³-hybridized carbons (Fsp3) is 0.0625. The van der Waals surface area contributed by atoms with E-state index < -0.39 is 0 Å². The van der Waals surface area contributed by atoms with Crippen LogP contribution in [0.4, 0.5) is 22.7 Å². The Balaban J connectivity index is 1.96. The van der Waals surface area contributed by atoms with E-state index in [0.717, 1.165) is 11.0 Å². The summed E-state index contributed by atoms with van der Waals surface area (Å²) in [6, 6.07) is 10.8. The quantitative estimate of drug-likeness (QED) is 0.432. The molecule has 3 aromatic rings. The number of para-hydroxylation sites is 1. The summed E-state index contributed by atoms with van der Waals surface area (Å²) in [5.74, 6) is 0.279. The number of anilines is 4. The van der Waals surface area contributed by atoms with Gasteiger partial charge in [-0.1, -0.05) is 18.2 Å². The van der Waals surface area contributed by atoms with Crippen LogP contribution in [0.1, 0.15) is 16.1 Å². The van der Waals surface area contributed by atoms with E-state index in [1.165, 1.54) is 6.07 Å². The zero-order valence-electron chi connectivity index (χ0n) is 11.8. The van der Waals surface area contributed by atoms with Gasteiger partial charge in [0.2, 0.25) is 0 Å². The minimum atomic E-state index is -0.263. The predicted octanol–water partition coefficient (Wildman–Crippen LogP) is 2.19. The molecule has 2 aromatic carbocycles. The average Bonchev–Trinajstić information content (AvgIpc) is 2.87. The van der Waals surface area contributed by atoms with Crippen molar-refractivity contribution in [2.45, 2.75) is 6.42 Å². The highest BCUT2D eigenvalue weighted by molar-refractivity contribution is 6.10. The Kier molecular flexibility index (Phi) is 3.14. The van der Waals surface area contributed by atoms with Gasteiger partial charge in [-0.25, -0.2) is 0 Å². The molecule has 0 aliphatic carbocycles. The summed E-state index contributed by atoms with van der Waals surface area (Å²) in [5, 5.41) is 0.933. The third-order valence-electron chi connectivity index (χ3n) is 3.56. The second-order valence-electron chi connectivity index (χ2n) is 5.11. The Morgan fingerprint density at radius 1 is 0.955 bits per heavy atom. The summed E-state index contributed by atoms with van der Waals surface area (Å²) in [6.07, 6.45) is 0.0481. The zero-order valence-corrected chi connectivity index (χ0v) is 11.8. The first-order chi connectivity index (χ1) is 10.5. The maximum atomic E-state index is 12.5. The Labute approximate surface area is 126 Å². The number of carbonyl (C=O) groups excluding carboxylic acids is 1. The number of rotatable bonds is 3. The maximum Gasteiger partial charge on any atom is 0.174 e. The van der Waals surface area contributed by atoms with E-state index in [4.69, 9.17) is 27.4 Å². The lowest BCUT2D eigenvalue weighted by Gasteiger charge is -2.12. The van der Waals surface area contributed by atoms with Crippen molar-refractivity contribution in [1.29, 1.82) is 0 Å². The first kappa shape index (κ1) is 13.8. The van der Waals surface area contributed by atoms with E-state index >= 15 is 0 Å². The van der Waals surface area contributed by atoms with Gasteiger partial charge in [-0.2, -0.15) is 0 Å². The van der Waals surface area contributed by atoms with Crippen molar-refractivity contribution in [3.8, 4) is 0 Å². The molecule has 0 saturated carbocycles. The van der Waals surface area contributed by atoms with Gasteiger partial charge in [0.25, 0.3) is 0 Å². The summed E-state index contributed by atoms with van der Waals surface area (Å²) in [6.45, 7) is 0. The molecule has 1 aromatic heterocycles. The SMILES string of the molecule is Nc1cc(N)c(C(=O)Cc2cc3ccccc3o2)c(N)c1N. The standard InChI is InChI=1S/C16H16N4O2/c17-10-7-11(18)15(19)16(20)14(10)12(21)6-9-5-8-3-1-2-4-13(8)22-9/h1-5,7H,6,17-20H2. The van der Waals surface area contributed by atoms with Crippen molar-refractivity contribution in [2.75, 3.05) is 22.9 Å². The molecular formula is C16H16N4O2. The number of hydrogen-bond donors (Lipinski definition) is 4. The summed E-state index contributed by atoms with van der Waals surface area (Å²) in [7, 11) is 0. The molecule has 0 amide bonds. The molecule has 0 aliphatic rings. The van der Waals surface area contributed by atoms with Crippen molar-refractivity contribution in [3.63, 3.8) is 0 Å². The largest absolute Gasteiger partial charge is 0.461 e. The highest BCUT2D eigenvalue weighted by atomic mass is 16.3. The van der Waals surface area contributed by atoms with Crippen molar-refractivity contribution in [3.05, 3.63) is 47.7 Å². The van der Waals surface area contributed by atoms with Gasteiger partial charge in [-0.3, -0.25) is 4.79 Å². The van der Waals surface area contributed by atoms with Gasteiger partial charge in [-0.15, -0.1) is 0 Å². The highest BCUT2D eigenvalue weighted by Crippen LogP contribution is 2.32. The second-order valence-corrected chi connectivity index (χ2v) is 5.11. The summed E-state index contributed by atoms with van der Waals surface area (Å²) < 4.78 is 5.64. The third-order valence-corrected chi connectivity index (χ3v) is 3.56. The van der Waals surface area contributed by atoms with Crippen molar-refractivity contribution >= 4 is 39.5 Å². The van der Waals surface area contributed by atoms with Crippen molar-refractivity contribution < 1.29 is 9.21 Å². The molecule has 0 radical (unpaired) electrons. The molecule has 0 spiro atoms. The molecule has 0 aliphatic heterocycles. The van der Waals surface area contributed by atoms with Gasteiger partial charge >= 0.3 is 0 Å². The van der Waals surface area contributed by atoms with Crippen LogP contribution in [0.5, 0.6) is 0 Å². The molecule has 0 bridgehead atoms. The normalized spacial score (nSPS) is 10.9. The predicted molar refractivity (Wildman–Crippen MR) is 88.3 cm³/mol. The number of hydrogen-bond acceptors (Lipinski definition) is 6. The minimum absolute atomic E-state index is 0.0481. The van der Waals surface area contributed by atoms with Crippen LogP contribution in [0.15, 0.2) is 40.8 Å². The number of fused-ring (bicyclic) bond motifs is 1. The number of carbonyl (C=O) groups is 1. The summed E-state index contributed by atoms with van der Waals surface area (Å²) >= 11 is 0. The molecular weight excluding hydrogens is 280 g/mol. The Morgan fingerprint density at radius 2 is 1.68 bits per heavy atom. The average molecular weight is 296 g/mol. The summed E-state index contributed by atoms with van der Waals surface area (Å²) in [5.41, 5.74) is 24.8. The number of Topliss-reactive ketones (excluding diaryl/α,β-unsaturated/α-hetero) is 1. The monoisotopic (exact) mass is 296 g/mol. The Bertz CT molecular complexity index is 850. The van der Waals surface area contributed by atoms with Crippen LogP contribution in [0, 0.1) is 0 Å². The van der Waals surface area contributed by atoms with E-state index in [1.54, 1.807) is 0 Å². The minimum Gasteiger partial charge on any atom is -0.461 e. The molecule has 22 heavy (non-hydrogen) atoms. The molecule has 1 heterocycles. The summed E-state index contributed by atoms with van der Waals surface area (Å²) in [4.78, 5) is 12.5. The van der Waals surface area contributed by atoms with Gasteiger partial charge in [0, 0.05) is 11.1 Å². The third kappa shape index (κ3) is 2.20. The van der Waals surface area contributed by atoms with E-state index in [1.807, 2.05) is 30.3 Å². The number of nitrogen functional groups attached to an aromatic ring is 4. The number of nitrogens with two attached hydrogens (primary N) is 4. The van der Waals surface area contributed by atoms with Crippen LogP contribution >= 0.6 is 0 Å². The van der Waals surface area contributed by atoms with Crippen LogP contribution in [0.25, 0.3) is 11.0 Å². The van der Waals surface area contributed by atoms with Crippen molar-refractivity contribution in [2.24, 2.45) is 0 Å². The van der Waals surface area contributed by atoms with Crippen LogP contribution in [0.3, 0.4) is 0 Å². The topological polar surface area (TPSA) is 134 Å². The van der Waals surface area contributed by atoms with Gasteiger partial charge < -0.3 is 27.4 Å². The lowest BCUT2D eigenvalue weighted by atomic mass is 10.0. The second kappa shape index (κ2) is 5.00. The molecule has 6 nitrogen and oxygen atoms in total. The van der Waals surface area contributed by atoms with Crippen LogP contribution < -0.4 is 22.9 Å². The zero-order chi connectivity index (χ0) is 15.9. The maximum absolute atomic E-state index is 12.5. The fourth-order valence-corrected chi connectivity index (χ4v) is 2.44. The Morgan fingerprint density at radius 3 is 2.41 bits per heavy atom. The van der Waals surface area contributed by atoms with E-state index in [-0.39, 0.29) is 40.5 Å². The first-order valence-electron chi connectivity index (χ1n) is 6.71. The number of furan rings is 1. The molecule has 6 heteroatoms. The molecule has 0 fully saturated rings. The Hall–Kier alpha value is -3.15. The number of benzene rings is 2. The van der Waals surface area contributed by atoms with Crippen LogP contribution in [-0.4, -0.2) is 5.78 Å². The molecule has 3 rings (SSSR count). The van der Waals surface area contributed by atoms with E-state index in [0.29, 0.717) is 5.76 Å². The van der Waals surface area contributed by atoms with Crippen LogP contribution in [0.2, 0.25) is 0 Å². The van der Waals surface area contributed by atoms with Gasteiger partial charge in [0.1, 0.15) is 11.3 Å². The van der Waals surface area contributed by atoms with E-state index in [9.17, 15) is 4.79 Å². The first-order valence-corrected chi connectivity index (χ1v) is 6.71. The van der Waals surface area contributed by atoms with Gasteiger partial charge in [-0.05, 0) is 18.2 Å². The van der Waals surface area contributed by atoms with Gasteiger partial charge in [0.15, 0.2) is 5.78 Å². The molecule has 0 unspecified atom stereocenters. The molecule has 0 saturated heterocycles. The van der Waals surface area contributed by atoms with E-state index in [2.05, 4.69) is 0 Å². The number of ketones is 1. The van der Waals surface area contributed by atoms with Crippen molar-refractivity contribution in [1.82, 2.24) is 0 Å². The molecule has 8 N–H and O–H groups in total.